The zero-order chi connectivity index (χ0) is 15.6. The van der Waals surface area contributed by atoms with E-state index in [0.717, 1.165) is 12.1 Å². The van der Waals surface area contributed by atoms with Crippen molar-refractivity contribution < 1.29 is 22.8 Å². The van der Waals surface area contributed by atoms with E-state index in [4.69, 9.17) is 5.73 Å². The quantitative estimate of drug-likeness (QED) is 0.767. The van der Waals surface area contributed by atoms with Gasteiger partial charge in [0.05, 0.1) is 23.4 Å². The number of rotatable bonds is 1. The molecule has 1 aliphatic heterocycles. The van der Waals surface area contributed by atoms with Crippen LogP contribution in [0.3, 0.4) is 0 Å². The molecule has 114 valence electrons. The molecule has 0 spiro atoms. The Balaban J connectivity index is 2.33. The normalized spacial score (nSPS) is 16.3. The van der Waals surface area contributed by atoms with E-state index in [0.29, 0.717) is 13.0 Å². The van der Waals surface area contributed by atoms with Gasteiger partial charge in [-0.25, -0.2) is 0 Å². The lowest BCUT2D eigenvalue weighted by atomic mass is 10.1. The van der Waals surface area contributed by atoms with Gasteiger partial charge >= 0.3 is 6.18 Å². The lowest BCUT2D eigenvalue weighted by molar-refractivity contribution is -0.137. The Kier molecular flexibility index (Phi) is 4.06. The maximum absolute atomic E-state index is 12.8. The third-order valence-electron chi connectivity index (χ3n) is 3.19. The fraction of sp³-hybridized carbons (Fsp3) is 0.385. The molecule has 0 aliphatic carbocycles. The van der Waals surface area contributed by atoms with Gasteiger partial charge < -0.3 is 16.0 Å². The van der Waals surface area contributed by atoms with Crippen LogP contribution < -0.4 is 11.1 Å². The molecule has 1 heterocycles. The molecule has 0 unspecified atom stereocenters. The van der Waals surface area contributed by atoms with Crippen LogP contribution in [-0.4, -0.2) is 36.3 Å². The van der Waals surface area contributed by atoms with Crippen molar-refractivity contribution in [3.8, 4) is 0 Å². The van der Waals surface area contributed by atoms with Crippen LogP contribution in [0.1, 0.15) is 22.3 Å². The number of hydrogen-bond donors (Lipinski definition) is 2. The van der Waals surface area contributed by atoms with Crippen LogP contribution in [0.5, 0.6) is 0 Å². The summed E-state index contributed by atoms with van der Waals surface area (Å²) in [5.41, 5.74) is 3.59. The number of nitrogens with zero attached hydrogens (tertiary/aromatic N) is 1. The van der Waals surface area contributed by atoms with Gasteiger partial charge in [-0.2, -0.15) is 13.2 Å². The number of nitrogen functional groups attached to an aromatic ring is 1. The number of anilines is 1. The Labute approximate surface area is 118 Å². The predicted octanol–water partition coefficient (Wildman–Crippen LogP) is 1.25. The average Bonchev–Trinajstić information content (AvgIpc) is 2.61. The molecule has 0 radical (unpaired) electrons. The molecule has 0 bridgehead atoms. The maximum atomic E-state index is 12.8. The predicted molar refractivity (Wildman–Crippen MR) is 69.4 cm³/mol. The number of halogens is 3. The number of hydrogen-bond acceptors (Lipinski definition) is 3. The van der Waals surface area contributed by atoms with Crippen LogP contribution >= 0.6 is 0 Å². The fourth-order valence-corrected chi connectivity index (χ4v) is 2.15. The molecule has 1 aromatic carbocycles. The van der Waals surface area contributed by atoms with Gasteiger partial charge in [-0.1, -0.05) is 6.07 Å². The van der Waals surface area contributed by atoms with E-state index in [1.54, 1.807) is 0 Å². The maximum Gasteiger partial charge on any atom is 0.418 e. The Morgan fingerprint density at radius 2 is 2.05 bits per heavy atom. The monoisotopic (exact) mass is 301 g/mol. The van der Waals surface area contributed by atoms with Gasteiger partial charge in [0.25, 0.3) is 5.91 Å². The zero-order valence-corrected chi connectivity index (χ0v) is 11.0. The van der Waals surface area contributed by atoms with Crippen molar-refractivity contribution in [3.63, 3.8) is 0 Å². The summed E-state index contributed by atoms with van der Waals surface area (Å²) in [6.45, 7) is 0.530. The van der Waals surface area contributed by atoms with Crippen LogP contribution in [0.2, 0.25) is 0 Å². The highest BCUT2D eigenvalue weighted by Crippen LogP contribution is 2.35. The van der Waals surface area contributed by atoms with Crippen molar-refractivity contribution >= 4 is 17.5 Å². The lowest BCUT2D eigenvalue weighted by Gasteiger charge is -2.21. The minimum Gasteiger partial charge on any atom is -0.398 e. The van der Waals surface area contributed by atoms with Gasteiger partial charge in [0.15, 0.2) is 0 Å². The van der Waals surface area contributed by atoms with Crippen LogP contribution in [0.15, 0.2) is 18.2 Å². The van der Waals surface area contributed by atoms with E-state index in [1.165, 1.54) is 11.0 Å². The SMILES string of the molecule is Nc1c(C(=O)N2CCCNC(=O)C2)cccc1C(F)(F)F. The smallest absolute Gasteiger partial charge is 0.398 e. The van der Waals surface area contributed by atoms with E-state index >= 15 is 0 Å². The Hall–Kier alpha value is -2.25. The standard InChI is InChI=1S/C13H14F3N3O2/c14-13(15,16)9-4-1-3-8(11(9)17)12(21)19-6-2-5-18-10(20)7-19/h1,3-4H,2,5-7,17H2,(H,18,20). The highest BCUT2D eigenvalue weighted by atomic mass is 19.4. The summed E-state index contributed by atoms with van der Waals surface area (Å²) in [4.78, 5) is 24.9. The summed E-state index contributed by atoms with van der Waals surface area (Å²) in [7, 11) is 0. The first-order valence-electron chi connectivity index (χ1n) is 6.32. The number of alkyl halides is 3. The molecule has 5 nitrogen and oxygen atoms in total. The largest absolute Gasteiger partial charge is 0.418 e. The number of amides is 2. The van der Waals surface area contributed by atoms with Crippen molar-refractivity contribution in [2.75, 3.05) is 25.4 Å². The van der Waals surface area contributed by atoms with E-state index in [1.807, 2.05) is 0 Å². The molecule has 1 fully saturated rings. The van der Waals surface area contributed by atoms with E-state index in [-0.39, 0.29) is 24.6 Å². The topological polar surface area (TPSA) is 75.4 Å². The average molecular weight is 301 g/mol. The third kappa shape index (κ3) is 3.26. The number of nitrogens with two attached hydrogens (primary N) is 1. The third-order valence-corrected chi connectivity index (χ3v) is 3.19. The molecule has 2 rings (SSSR count). The number of para-hydroxylation sites is 1. The molecule has 0 atom stereocenters. The van der Waals surface area contributed by atoms with Gasteiger partial charge in [0, 0.05) is 13.1 Å². The molecule has 0 aromatic heterocycles. The first-order valence-corrected chi connectivity index (χ1v) is 6.32. The molecule has 21 heavy (non-hydrogen) atoms. The highest BCUT2D eigenvalue weighted by molar-refractivity contribution is 6.01. The highest BCUT2D eigenvalue weighted by Gasteiger charge is 2.35. The first kappa shape index (κ1) is 15.1. The summed E-state index contributed by atoms with van der Waals surface area (Å²) >= 11 is 0. The van der Waals surface area contributed by atoms with Crippen molar-refractivity contribution in [2.45, 2.75) is 12.6 Å². The molecule has 2 amide bonds. The minimum atomic E-state index is -4.63. The molecule has 1 aliphatic rings. The number of benzene rings is 1. The van der Waals surface area contributed by atoms with Gasteiger partial charge in [-0.05, 0) is 18.6 Å². The number of carbonyl (C=O) groups is 2. The molecule has 8 heteroatoms. The first-order chi connectivity index (χ1) is 9.80. The van der Waals surface area contributed by atoms with Gasteiger partial charge in [-0.15, -0.1) is 0 Å². The summed E-state index contributed by atoms with van der Waals surface area (Å²) in [6.07, 6.45) is -4.09. The van der Waals surface area contributed by atoms with Crippen molar-refractivity contribution in [1.82, 2.24) is 10.2 Å². The zero-order valence-electron chi connectivity index (χ0n) is 11.0. The van der Waals surface area contributed by atoms with E-state index in [2.05, 4.69) is 5.32 Å². The fourth-order valence-electron chi connectivity index (χ4n) is 2.15. The van der Waals surface area contributed by atoms with Crippen molar-refractivity contribution in [1.29, 1.82) is 0 Å². The summed E-state index contributed by atoms with van der Waals surface area (Å²) in [5, 5.41) is 2.59. The Morgan fingerprint density at radius 1 is 1.33 bits per heavy atom. The van der Waals surface area contributed by atoms with Crippen molar-refractivity contribution in [2.24, 2.45) is 0 Å². The second kappa shape index (κ2) is 5.63. The van der Waals surface area contributed by atoms with Crippen LogP contribution in [0.25, 0.3) is 0 Å². The van der Waals surface area contributed by atoms with Gasteiger partial charge in [0.2, 0.25) is 5.91 Å². The molecule has 0 saturated carbocycles. The Bertz CT molecular complexity index is 572. The molecular weight excluding hydrogens is 287 g/mol. The molecule has 1 saturated heterocycles. The molecular formula is C13H14F3N3O2. The van der Waals surface area contributed by atoms with Crippen LogP contribution in [0.4, 0.5) is 18.9 Å². The van der Waals surface area contributed by atoms with E-state index in [9.17, 15) is 22.8 Å². The summed E-state index contributed by atoms with van der Waals surface area (Å²) in [6, 6.07) is 3.18. The number of carbonyl (C=O) groups excluding carboxylic acids is 2. The van der Waals surface area contributed by atoms with E-state index < -0.39 is 23.3 Å². The van der Waals surface area contributed by atoms with Crippen LogP contribution in [-0.2, 0) is 11.0 Å². The van der Waals surface area contributed by atoms with Crippen molar-refractivity contribution in [3.05, 3.63) is 29.3 Å². The second-order valence-electron chi connectivity index (χ2n) is 4.69. The molecule has 1 aromatic rings. The van der Waals surface area contributed by atoms with Gasteiger partial charge in [0.1, 0.15) is 0 Å². The number of nitrogens with one attached hydrogen (secondary N) is 1. The summed E-state index contributed by atoms with van der Waals surface area (Å²) in [5.74, 6) is -1.01. The van der Waals surface area contributed by atoms with Crippen LogP contribution in [0, 0.1) is 0 Å². The minimum absolute atomic E-state index is 0.186. The Morgan fingerprint density at radius 3 is 2.71 bits per heavy atom. The second-order valence-corrected chi connectivity index (χ2v) is 4.69. The lowest BCUT2D eigenvalue weighted by Crippen LogP contribution is -2.37. The molecule has 3 N–H and O–H groups in total. The van der Waals surface area contributed by atoms with Gasteiger partial charge in [-0.3, -0.25) is 9.59 Å². The summed E-state index contributed by atoms with van der Waals surface area (Å²) < 4.78 is 38.4.